The van der Waals surface area contributed by atoms with E-state index >= 15 is 0 Å². The van der Waals surface area contributed by atoms with Crippen molar-refractivity contribution in [2.75, 3.05) is 12.8 Å². The smallest absolute Gasteiger partial charge is 0.256 e. The minimum atomic E-state index is -0.160. The quantitative estimate of drug-likeness (QED) is 0.848. The second-order valence-corrected chi connectivity index (χ2v) is 5.48. The van der Waals surface area contributed by atoms with Crippen molar-refractivity contribution in [2.24, 2.45) is 0 Å². The monoisotopic (exact) mass is 334 g/mol. The van der Waals surface area contributed by atoms with Gasteiger partial charge in [0.05, 0.1) is 5.56 Å². The Hall–Kier alpha value is -2.01. The Bertz CT molecular complexity index is 644. The average molecular weight is 335 g/mol. The Labute approximate surface area is 126 Å². The fraction of sp³-hybridized carbons (Fsp3) is 0.133. The number of aromatic hydroxyl groups is 1. The van der Waals surface area contributed by atoms with Crippen molar-refractivity contribution in [3.05, 3.63) is 58.1 Å². The average Bonchev–Trinajstić information content (AvgIpc) is 2.40. The van der Waals surface area contributed by atoms with Gasteiger partial charge in [0.2, 0.25) is 0 Å². The van der Waals surface area contributed by atoms with Crippen molar-refractivity contribution < 1.29 is 9.90 Å². The molecule has 0 atom stereocenters. The number of amides is 1. The highest BCUT2D eigenvalue weighted by Gasteiger charge is 2.15. The van der Waals surface area contributed by atoms with Crippen molar-refractivity contribution in [3.8, 4) is 5.75 Å². The van der Waals surface area contributed by atoms with Gasteiger partial charge < -0.3 is 15.7 Å². The maximum absolute atomic E-state index is 12.4. The van der Waals surface area contributed by atoms with Crippen LogP contribution in [0, 0.1) is 0 Å². The summed E-state index contributed by atoms with van der Waals surface area (Å²) >= 11 is 3.33. The van der Waals surface area contributed by atoms with Crippen LogP contribution in [0.2, 0.25) is 0 Å². The number of hydrogen-bond donors (Lipinski definition) is 2. The van der Waals surface area contributed by atoms with E-state index < -0.39 is 0 Å². The zero-order valence-corrected chi connectivity index (χ0v) is 12.6. The number of nitrogens with two attached hydrogens (primary N) is 1. The summed E-state index contributed by atoms with van der Waals surface area (Å²) in [5, 5.41) is 9.43. The standard InChI is InChI=1S/C15H15BrN2O2/c1-18(9-10-3-2-4-12(19)7-10)15(20)13-8-11(16)5-6-14(13)17/h2-8,19H,9,17H2,1H3. The lowest BCUT2D eigenvalue weighted by atomic mass is 10.1. The Morgan fingerprint density at radius 1 is 1.30 bits per heavy atom. The van der Waals surface area contributed by atoms with Gasteiger partial charge in [-0.3, -0.25) is 4.79 Å². The molecule has 0 spiro atoms. The summed E-state index contributed by atoms with van der Waals surface area (Å²) in [5.41, 5.74) is 7.60. The zero-order valence-electron chi connectivity index (χ0n) is 11.0. The summed E-state index contributed by atoms with van der Waals surface area (Å²) in [6.45, 7) is 0.402. The number of phenolic OH excluding ortho intramolecular Hbond substituents is 1. The number of anilines is 1. The molecule has 2 aromatic carbocycles. The lowest BCUT2D eigenvalue weighted by Gasteiger charge is -2.18. The van der Waals surface area contributed by atoms with Gasteiger partial charge in [0.15, 0.2) is 0 Å². The first-order valence-corrected chi connectivity index (χ1v) is 6.85. The molecule has 0 unspecified atom stereocenters. The minimum absolute atomic E-state index is 0.160. The molecule has 2 aromatic rings. The van der Waals surface area contributed by atoms with Crippen LogP contribution >= 0.6 is 15.9 Å². The number of nitrogens with zero attached hydrogens (tertiary/aromatic N) is 1. The van der Waals surface area contributed by atoms with Gasteiger partial charge in [-0.2, -0.15) is 0 Å². The third kappa shape index (κ3) is 3.30. The zero-order chi connectivity index (χ0) is 14.7. The van der Waals surface area contributed by atoms with Gasteiger partial charge in [0.25, 0.3) is 5.91 Å². The lowest BCUT2D eigenvalue weighted by molar-refractivity contribution is 0.0786. The van der Waals surface area contributed by atoms with Crippen molar-refractivity contribution >= 4 is 27.5 Å². The van der Waals surface area contributed by atoms with Gasteiger partial charge in [-0.1, -0.05) is 28.1 Å². The number of phenols is 1. The van der Waals surface area contributed by atoms with Crippen molar-refractivity contribution in [1.29, 1.82) is 0 Å². The Kier molecular flexibility index (Phi) is 4.29. The van der Waals surface area contributed by atoms with Crippen LogP contribution in [0.1, 0.15) is 15.9 Å². The molecule has 2 rings (SSSR count). The van der Waals surface area contributed by atoms with E-state index in [0.717, 1.165) is 10.0 Å². The first kappa shape index (κ1) is 14.4. The van der Waals surface area contributed by atoms with E-state index in [1.54, 1.807) is 48.3 Å². The Balaban J connectivity index is 2.18. The van der Waals surface area contributed by atoms with Crippen molar-refractivity contribution in [2.45, 2.75) is 6.54 Å². The van der Waals surface area contributed by atoms with Crippen LogP contribution < -0.4 is 5.73 Å². The molecule has 5 heteroatoms. The third-order valence-corrected chi connectivity index (χ3v) is 3.42. The number of nitrogen functional groups attached to an aromatic ring is 1. The van der Waals surface area contributed by atoms with Crippen LogP contribution in [0.4, 0.5) is 5.69 Å². The van der Waals surface area contributed by atoms with Crippen LogP contribution in [-0.2, 0) is 6.54 Å². The molecule has 0 radical (unpaired) electrons. The number of hydrogen-bond acceptors (Lipinski definition) is 3. The second-order valence-electron chi connectivity index (χ2n) is 4.56. The van der Waals surface area contributed by atoms with Crippen LogP contribution in [0.25, 0.3) is 0 Å². The van der Waals surface area contributed by atoms with E-state index in [2.05, 4.69) is 15.9 Å². The molecule has 0 aliphatic carbocycles. The Morgan fingerprint density at radius 2 is 2.05 bits per heavy atom. The van der Waals surface area contributed by atoms with Gasteiger partial charge in [-0.15, -0.1) is 0 Å². The Morgan fingerprint density at radius 3 is 2.75 bits per heavy atom. The summed E-state index contributed by atoms with van der Waals surface area (Å²) < 4.78 is 0.806. The first-order chi connectivity index (χ1) is 9.47. The van der Waals surface area contributed by atoms with E-state index in [4.69, 9.17) is 5.73 Å². The van der Waals surface area contributed by atoms with Crippen LogP contribution in [0.5, 0.6) is 5.75 Å². The van der Waals surface area contributed by atoms with Crippen LogP contribution in [-0.4, -0.2) is 23.0 Å². The van der Waals surface area contributed by atoms with Gasteiger partial charge in [-0.05, 0) is 35.9 Å². The predicted molar refractivity (Wildman–Crippen MR) is 82.5 cm³/mol. The molecule has 0 saturated heterocycles. The summed E-state index contributed by atoms with van der Waals surface area (Å²) in [6, 6.07) is 12.0. The highest BCUT2D eigenvalue weighted by atomic mass is 79.9. The first-order valence-electron chi connectivity index (χ1n) is 6.06. The van der Waals surface area contributed by atoms with Crippen molar-refractivity contribution in [3.63, 3.8) is 0 Å². The number of halogens is 1. The number of benzene rings is 2. The molecule has 20 heavy (non-hydrogen) atoms. The summed E-state index contributed by atoms with van der Waals surface area (Å²) in [4.78, 5) is 13.9. The molecular weight excluding hydrogens is 320 g/mol. The molecule has 3 N–H and O–H groups in total. The normalized spacial score (nSPS) is 10.3. The lowest BCUT2D eigenvalue weighted by Crippen LogP contribution is -2.27. The van der Waals surface area contributed by atoms with E-state index in [1.165, 1.54) is 0 Å². The molecular formula is C15H15BrN2O2. The van der Waals surface area contributed by atoms with Gasteiger partial charge in [-0.25, -0.2) is 0 Å². The van der Waals surface area contributed by atoms with Crippen molar-refractivity contribution in [1.82, 2.24) is 4.90 Å². The molecule has 104 valence electrons. The van der Waals surface area contributed by atoms with Gasteiger partial charge in [0.1, 0.15) is 5.75 Å². The van der Waals surface area contributed by atoms with Gasteiger partial charge >= 0.3 is 0 Å². The SMILES string of the molecule is CN(Cc1cccc(O)c1)C(=O)c1cc(Br)ccc1N. The fourth-order valence-corrected chi connectivity index (χ4v) is 2.28. The minimum Gasteiger partial charge on any atom is -0.508 e. The summed E-state index contributed by atoms with van der Waals surface area (Å²) in [5.74, 6) is 0.0254. The van der Waals surface area contributed by atoms with E-state index in [-0.39, 0.29) is 11.7 Å². The molecule has 0 aliphatic heterocycles. The fourth-order valence-electron chi connectivity index (χ4n) is 1.92. The predicted octanol–water partition coefficient (Wildman–Crippen LogP) is 3.01. The number of carbonyl (C=O) groups is 1. The van der Waals surface area contributed by atoms with Gasteiger partial charge in [0, 0.05) is 23.8 Å². The summed E-state index contributed by atoms with van der Waals surface area (Å²) in [6.07, 6.45) is 0. The number of rotatable bonds is 3. The van der Waals surface area contributed by atoms with Crippen LogP contribution in [0.15, 0.2) is 46.9 Å². The topological polar surface area (TPSA) is 66.6 Å². The van der Waals surface area contributed by atoms with E-state index in [1.807, 2.05) is 6.07 Å². The molecule has 1 amide bonds. The molecule has 0 aliphatic rings. The molecule has 0 fully saturated rings. The largest absolute Gasteiger partial charge is 0.508 e. The number of carbonyl (C=O) groups excluding carboxylic acids is 1. The molecule has 4 nitrogen and oxygen atoms in total. The molecule has 0 saturated carbocycles. The highest BCUT2D eigenvalue weighted by Crippen LogP contribution is 2.21. The molecule has 0 bridgehead atoms. The second kappa shape index (κ2) is 5.96. The summed E-state index contributed by atoms with van der Waals surface area (Å²) in [7, 11) is 1.70. The van der Waals surface area contributed by atoms with E-state index in [0.29, 0.717) is 17.8 Å². The van der Waals surface area contributed by atoms with E-state index in [9.17, 15) is 9.90 Å². The highest BCUT2D eigenvalue weighted by molar-refractivity contribution is 9.10. The molecule has 0 heterocycles. The molecule has 0 aromatic heterocycles. The van der Waals surface area contributed by atoms with Crippen LogP contribution in [0.3, 0.4) is 0 Å². The maximum atomic E-state index is 12.4. The maximum Gasteiger partial charge on any atom is 0.256 e. The third-order valence-electron chi connectivity index (χ3n) is 2.92.